The molecule has 136 valence electrons. The number of hydrogen-bond donors (Lipinski definition) is 1. The number of halogens is 1. The molecule has 8 heteroatoms. The van der Waals surface area contributed by atoms with Crippen LogP contribution in [0, 0.1) is 22.9 Å². The van der Waals surface area contributed by atoms with Gasteiger partial charge in [0.05, 0.1) is 10.5 Å². The molecule has 2 rings (SSSR count). The van der Waals surface area contributed by atoms with E-state index in [2.05, 4.69) is 5.32 Å². The second-order valence-electron chi connectivity index (χ2n) is 5.65. The zero-order valence-corrected chi connectivity index (χ0v) is 14.2. The van der Waals surface area contributed by atoms with Gasteiger partial charge in [-0.25, -0.2) is 9.18 Å². The van der Waals surface area contributed by atoms with Crippen LogP contribution < -0.4 is 5.32 Å². The summed E-state index contributed by atoms with van der Waals surface area (Å²) in [5.41, 5.74) is 0.887. The lowest BCUT2D eigenvalue weighted by Gasteiger charge is -2.13. The number of ether oxygens (including phenoxy) is 1. The SMILES string of the molecule is Cc1ccc(C(=O)O[C@H](C)C(=O)NCc2ccc(F)cc2)cc1[N+](=O)[O-]. The first-order valence-corrected chi connectivity index (χ1v) is 7.76. The van der Waals surface area contributed by atoms with Crippen molar-refractivity contribution in [2.75, 3.05) is 0 Å². The summed E-state index contributed by atoms with van der Waals surface area (Å²) in [6.45, 7) is 3.09. The fraction of sp³-hybridized carbons (Fsp3) is 0.222. The van der Waals surface area contributed by atoms with Crippen LogP contribution in [0.4, 0.5) is 10.1 Å². The maximum Gasteiger partial charge on any atom is 0.339 e. The number of amides is 1. The van der Waals surface area contributed by atoms with Gasteiger partial charge in [-0.3, -0.25) is 14.9 Å². The van der Waals surface area contributed by atoms with E-state index in [4.69, 9.17) is 4.74 Å². The number of nitro groups is 1. The van der Waals surface area contributed by atoms with Crippen LogP contribution in [0.25, 0.3) is 0 Å². The second-order valence-corrected chi connectivity index (χ2v) is 5.65. The first kappa shape index (κ1) is 19.0. The van der Waals surface area contributed by atoms with E-state index in [0.29, 0.717) is 11.1 Å². The van der Waals surface area contributed by atoms with Crippen LogP contribution >= 0.6 is 0 Å². The molecule has 0 saturated heterocycles. The average molecular weight is 360 g/mol. The molecule has 2 aromatic carbocycles. The predicted molar refractivity (Wildman–Crippen MR) is 91.0 cm³/mol. The molecular weight excluding hydrogens is 343 g/mol. The highest BCUT2D eigenvalue weighted by Gasteiger charge is 2.21. The fourth-order valence-electron chi connectivity index (χ4n) is 2.15. The van der Waals surface area contributed by atoms with Crippen molar-refractivity contribution < 1.29 is 23.6 Å². The molecule has 0 fully saturated rings. The van der Waals surface area contributed by atoms with Crippen molar-refractivity contribution in [2.24, 2.45) is 0 Å². The lowest BCUT2D eigenvalue weighted by atomic mass is 10.1. The average Bonchev–Trinajstić information content (AvgIpc) is 2.60. The van der Waals surface area contributed by atoms with E-state index in [9.17, 15) is 24.1 Å². The molecule has 0 aliphatic heterocycles. The van der Waals surface area contributed by atoms with Gasteiger partial charge in [-0.2, -0.15) is 0 Å². The van der Waals surface area contributed by atoms with E-state index in [1.165, 1.54) is 43.3 Å². The summed E-state index contributed by atoms with van der Waals surface area (Å²) in [5, 5.41) is 13.5. The van der Waals surface area contributed by atoms with Gasteiger partial charge in [0, 0.05) is 18.2 Å². The minimum atomic E-state index is -1.09. The number of carbonyl (C=O) groups is 2. The van der Waals surface area contributed by atoms with Gasteiger partial charge in [-0.05, 0) is 37.6 Å². The minimum absolute atomic E-state index is 0.0134. The van der Waals surface area contributed by atoms with Crippen LogP contribution in [0.5, 0.6) is 0 Å². The van der Waals surface area contributed by atoms with E-state index < -0.39 is 22.9 Å². The lowest BCUT2D eigenvalue weighted by Crippen LogP contribution is -2.35. The summed E-state index contributed by atoms with van der Waals surface area (Å²) >= 11 is 0. The topological polar surface area (TPSA) is 98.5 Å². The Bertz CT molecular complexity index is 836. The number of aryl methyl sites for hydroxylation is 1. The lowest BCUT2D eigenvalue weighted by molar-refractivity contribution is -0.385. The first-order valence-electron chi connectivity index (χ1n) is 7.76. The molecule has 0 aliphatic carbocycles. The molecule has 7 nitrogen and oxygen atoms in total. The third kappa shape index (κ3) is 4.85. The van der Waals surface area contributed by atoms with Crippen LogP contribution in [0.2, 0.25) is 0 Å². The molecule has 1 amide bonds. The van der Waals surface area contributed by atoms with E-state index in [1.54, 1.807) is 6.92 Å². The van der Waals surface area contributed by atoms with Gasteiger partial charge in [-0.1, -0.05) is 18.2 Å². The van der Waals surface area contributed by atoms with Crippen molar-refractivity contribution in [1.29, 1.82) is 0 Å². The Morgan fingerprint density at radius 2 is 1.88 bits per heavy atom. The molecule has 0 saturated carbocycles. The van der Waals surface area contributed by atoms with Crippen molar-refractivity contribution in [3.05, 3.63) is 75.1 Å². The molecule has 1 N–H and O–H groups in total. The molecule has 2 aromatic rings. The molecule has 0 bridgehead atoms. The van der Waals surface area contributed by atoms with Crippen molar-refractivity contribution in [3.8, 4) is 0 Å². The van der Waals surface area contributed by atoms with E-state index >= 15 is 0 Å². The Morgan fingerprint density at radius 1 is 1.23 bits per heavy atom. The van der Waals surface area contributed by atoms with Gasteiger partial charge in [0.25, 0.3) is 11.6 Å². The first-order chi connectivity index (χ1) is 12.3. The quantitative estimate of drug-likeness (QED) is 0.485. The fourth-order valence-corrected chi connectivity index (χ4v) is 2.15. The summed E-state index contributed by atoms with van der Waals surface area (Å²) in [5.74, 6) is -1.75. The monoisotopic (exact) mass is 360 g/mol. The molecule has 0 radical (unpaired) electrons. The summed E-state index contributed by atoms with van der Waals surface area (Å²) in [4.78, 5) is 34.4. The Hall–Kier alpha value is -3.29. The maximum atomic E-state index is 12.8. The molecule has 26 heavy (non-hydrogen) atoms. The predicted octanol–water partition coefficient (Wildman–Crippen LogP) is 2.90. The summed E-state index contributed by atoms with van der Waals surface area (Å²) in [7, 11) is 0. The Labute approximate surface area is 148 Å². The van der Waals surface area contributed by atoms with Crippen LogP contribution in [-0.4, -0.2) is 22.9 Å². The van der Waals surface area contributed by atoms with Crippen molar-refractivity contribution in [1.82, 2.24) is 5.32 Å². The standard InChI is InChI=1S/C18H17FN2O5/c1-11-3-6-14(9-16(11)21(24)25)18(23)26-12(2)17(22)20-10-13-4-7-15(19)8-5-13/h3-9,12H,10H2,1-2H3,(H,20,22)/t12-/m1/s1. The van der Waals surface area contributed by atoms with Gasteiger partial charge in [0.2, 0.25) is 0 Å². The molecular formula is C18H17FN2O5. The second kappa shape index (κ2) is 8.19. The van der Waals surface area contributed by atoms with Gasteiger partial charge in [-0.15, -0.1) is 0 Å². The van der Waals surface area contributed by atoms with Crippen LogP contribution in [0.3, 0.4) is 0 Å². The molecule has 0 aromatic heterocycles. The van der Waals surface area contributed by atoms with Crippen molar-refractivity contribution in [2.45, 2.75) is 26.5 Å². The zero-order chi connectivity index (χ0) is 19.3. The molecule has 0 spiro atoms. The van der Waals surface area contributed by atoms with Crippen molar-refractivity contribution >= 4 is 17.6 Å². The largest absolute Gasteiger partial charge is 0.449 e. The summed E-state index contributed by atoms with van der Waals surface area (Å²) in [6, 6.07) is 9.54. The number of benzene rings is 2. The third-order valence-corrected chi connectivity index (χ3v) is 3.67. The third-order valence-electron chi connectivity index (χ3n) is 3.67. The molecule has 0 aliphatic rings. The summed E-state index contributed by atoms with van der Waals surface area (Å²) < 4.78 is 17.9. The zero-order valence-electron chi connectivity index (χ0n) is 14.2. The van der Waals surface area contributed by atoms with E-state index in [0.717, 1.165) is 6.07 Å². The number of nitrogens with zero attached hydrogens (tertiary/aromatic N) is 1. The smallest absolute Gasteiger partial charge is 0.339 e. The maximum absolute atomic E-state index is 12.8. The Balaban J connectivity index is 1.95. The number of rotatable bonds is 6. The molecule has 0 heterocycles. The highest BCUT2D eigenvalue weighted by Crippen LogP contribution is 2.20. The number of nitrogens with one attached hydrogen (secondary N) is 1. The Kier molecular flexibility index (Phi) is 6.00. The van der Waals surface area contributed by atoms with Gasteiger partial charge in [0.15, 0.2) is 6.10 Å². The number of esters is 1. The highest BCUT2D eigenvalue weighted by molar-refractivity contribution is 5.92. The van der Waals surface area contributed by atoms with Gasteiger partial charge in [0.1, 0.15) is 5.82 Å². The summed E-state index contributed by atoms with van der Waals surface area (Å²) in [6.07, 6.45) is -1.09. The Morgan fingerprint density at radius 3 is 2.50 bits per heavy atom. The normalized spacial score (nSPS) is 11.5. The highest BCUT2D eigenvalue weighted by atomic mass is 19.1. The van der Waals surface area contributed by atoms with E-state index in [1.807, 2.05) is 0 Å². The van der Waals surface area contributed by atoms with Gasteiger partial charge >= 0.3 is 5.97 Å². The van der Waals surface area contributed by atoms with Crippen LogP contribution in [0.15, 0.2) is 42.5 Å². The number of carbonyl (C=O) groups excluding carboxylic acids is 2. The van der Waals surface area contributed by atoms with Crippen LogP contribution in [-0.2, 0) is 16.1 Å². The molecule has 0 unspecified atom stereocenters. The van der Waals surface area contributed by atoms with Crippen molar-refractivity contribution in [3.63, 3.8) is 0 Å². The number of hydrogen-bond acceptors (Lipinski definition) is 5. The van der Waals surface area contributed by atoms with Gasteiger partial charge < -0.3 is 10.1 Å². The van der Waals surface area contributed by atoms with E-state index in [-0.39, 0.29) is 23.6 Å². The molecule has 1 atom stereocenters. The van der Waals surface area contributed by atoms with Crippen LogP contribution in [0.1, 0.15) is 28.4 Å². The minimum Gasteiger partial charge on any atom is -0.449 e. The number of nitro benzene ring substituents is 1.